The summed E-state index contributed by atoms with van der Waals surface area (Å²) < 4.78 is 12.4. The van der Waals surface area contributed by atoms with Crippen molar-refractivity contribution in [3.63, 3.8) is 0 Å². The first-order chi connectivity index (χ1) is 16.0. The molecule has 3 aliphatic rings. The van der Waals surface area contributed by atoms with Crippen LogP contribution in [0.4, 0.5) is 16.3 Å². The van der Waals surface area contributed by atoms with Crippen molar-refractivity contribution in [1.82, 2.24) is 15.3 Å². The van der Waals surface area contributed by atoms with Gasteiger partial charge < -0.3 is 25.0 Å². The summed E-state index contributed by atoms with van der Waals surface area (Å²) in [5.74, 6) is 1.68. The number of ether oxygens (including phenoxy) is 2. The van der Waals surface area contributed by atoms with E-state index in [2.05, 4.69) is 29.4 Å². The van der Waals surface area contributed by atoms with Gasteiger partial charge in [-0.2, -0.15) is 0 Å². The van der Waals surface area contributed by atoms with Gasteiger partial charge in [0.1, 0.15) is 11.4 Å². The molecule has 2 N–H and O–H groups in total. The molecular weight excluding hydrogens is 418 g/mol. The van der Waals surface area contributed by atoms with Crippen LogP contribution in [-0.2, 0) is 21.7 Å². The molecule has 3 atom stereocenters. The first kappa shape index (κ1) is 22.1. The van der Waals surface area contributed by atoms with E-state index < -0.39 is 5.60 Å². The van der Waals surface area contributed by atoms with Crippen LogP contribution in [0.5, 0.6) is 0 Å². The van der Waals surface area contributed by atoms with Gasteiger partial charge in [0.15, 0.2) is 5.82 Å². The highest BCUT2D eigenvalue weighted by atomic mass is 16.5. The standard InChI is InChI=1S/C25H33N5O3/c1-4-12-25(3)21-20(15-32-25)23(30-13-18-10-11-19(14-30)33-18)29-22(28-21)16-6-8-17(9-7-16)27-24(31)26-5-2/h6-9,18-19H,4-5,10-15H2,1-3H3,(H2,26,27,31)/t18-,19+,25-/m1/s1. The molecule has 8 heteroatoms. The van der Waals surface area contributed by atoms with E-state index in [1.54, 1.807) is 0 Å². The number of rotatable bonds is 6. The number of anilines is 2. The Morgan fingerprint density at radius 3 is 2.55 bits per heavy atom. The number of hydrogen-bond acceptors (Lipinski definition) is 6. The topological polar surface area (TPSA) is 88.6 Å². The number of carbonyl (C=O) groups is 1. The van der Waals surface area contributed by atoms with Crippen molar-refractivity contribution >= 4 is 17.5 Å². The Kier molecular flexibility index (Phi) is 5.97. The third kappa shape index (κ3) is 4.29. The molecule has 0 unspecified atom stereocenters. The van der Waals surface area contributed by atoms with Crippen molar-refractivity contribution in [2.45, 2.75) is 70.9 Å². The summed E-state index contributed by atoms with van der Waals surface area (Å²) in [6, 6.07) is 7.48. The lowest BCUT2D eigenvalue weighted by Crippen LogP contribution is -2.43. The van der Waals surface area contributed by atoms with Crippen LogP contribution in [0.25, 0.3) is 11.4 Å². The Labute approximate surface area is 195 Å². The van der Waals surface area contributed by atoms with E-state index in [0.29, 0.717) is 19.0 Å². The van der Waals surface area contributed by atoms with Crippen LogP contribution in [0.3, 0.4) is 0 Å². The summed E-state index contributed by atoms with van der Waals surface area (Å²) in [7, 11) is 0. The average Bonchev–Trinajstić information content (AvgIpc) is 3.32. The van der Waals surface area contributed by atoms with E-state index >= 15 is 0 Å². The summed E-state index contributed by atoms with van der Waals surface area (Å²) in [4.78, 5) is 24.3. The van der Waals surface area contributed by atoms with E-state index in [4.69, 9.17) is 19.4 Å². The van der Waals surface area contributed by atoms with Crippen LogP contribution in [0, 0.1) is 0 Å². The quantitative estimate of drug-likeness (QED) is 0.684. The largest absolute Gasteiger partial charge is 0.371 e. The van der Waals surface area contributed by atoms with Crippen LogP contribution in [0.2, 0.25) is 0 Å². The third-order valence-corrected chi connectivity index (χ3v) is 6.83. The molecule has 0 saturated carbocycles. The van der Waals surface area contributed by atoms with E-state index in [-0.39, 0.29) is 18.2 Å². The molecule has 5 rings (SSSR count). The van der Waals surface area contributed by atoms with Gasteiger partial charge in [0.2, 0.25) is 0 Å². The minimum absolute atomic E-state index is 0.212. The molecule has 1 aromatic carbocycles. The van der Waals surface area contributed by atoms with Gasteiger partial charge in [-0.05, 0) is 57.4 Å². The van der Waals surface area contributed by atoms with Crippen molar-refractivity contribution < 1.29 is 14.3 Å². The Balaban J connectivity index is 1.51. The van der Waals surface area contributed by atoms with Crippen molar-refractivity contribution in [2.24, 2.45) is 0 Å². The normalized spacial score (nSPS) is 25.7. The fraction of sp³-hybridized carbons (Fsp3) is 0.560. The Bertz CT molecular complexity index is 1020. The third-order valence-electron chi connectivity index (χ3n) is 6.83. The van der Waals surface area contributed by atoms with Gasteiger partial charge >= 0.3 is 6.03 Å². The number of nitrogens with one attached hydrogen (secondary N) is 2. The molecule has 2 bridgehead atoms. The number of hydrogen-bond donors (Lipinski definition) is 2. The molecule has 2 aromatic rings. The highest BCUT2D eigenvalue weighted by molar-refractivity contribution is 5.89. The number of benzene rings is 1. The lowest BCUT2D eigenvalue weighted by atomic mass is 9.94. The zero-order valence-corrected chi connectivity index (χ0v) is 19.7. The van der Waals surface area contributed by atoms with Crippen molar-refractivity contribution in [1.29, 1.82) is 0 Å². The van der Waals surface area contributed by atoms with Crippen molar-refractivity contribution in [3.8, 4) is 11.4 Å². The molecule has 1 aromatic heterocycles. The summed E-state index contributed by atoms with van der Waals surface area (Å²) in [5.41, 5.74) is 3.37. The second-order valence-corrected chi connectivity index (χ2v) is 9.39. The second-order valence-electron chi connectivity index (χ2n) is 9.39. The van der Waals surface area contributed by atoms with Crippen LogP contribution in [0.15, 0.2) is 24.3 Å². The first-order valence-corrected chi connectivity index (χ1v) is 12.1. The lowest BCUT2D eigenvalue weighted by Gasteiger charge is -2.34. The zero-order chi connectivity index (χ0) is 23.0. The molecular formula is C25H33N5O3. The molecule has 176 valence electrons. The summed E-state index contributed by atoms with van der Waals surface area (Å²) in [6.07, 6.45) is 4.73. The van der Waals surface area contributed by atoms with E-state index in [0.717, 1.165) is 67.1 Å². The highest BCUT2D eigenvalue weighted by Crippen LogP contribution is 2.43. The monoisotopic (exact) mass is 451 g/mol. The molecule has 0 aliphatic carbocycles. The van der Waals surface area contributed by atoms with Gasteiger partial charge in [0.25, 0.3) is 0 Å². The minimum atomic E-state index is -0.401. The fourth-order valence-electron chi connectivity index (χ4n) is 5.23. The van der Waals surface area contributed by atoms with E-state index in [9.17, 15) is 4.79 Å². The predicted octanol–water partition coefficient (Wildman–Crippen LogP) is 4.20. The average molecular weight is 452 g/mol. The molecule has 0 spiro atoms. The maximum atomic E-state index is 11.8. The summed E-state index contributed by atoms with van der Waals surface area (Å²) in [5, 5.41) is 5.58. The lowest BCUT2D eigenvalue weighted by molar-refractivity contribution is -0.0321. The van der Waals surface area contributed by atoms with Crippen molar-refractivity contribution in [2.75, 3.05) is 29.9 Å². The number of morpholine rings is 1. The maximum Gasteiger partial charge on any atom is 0.319 e. The maximum absolute atomic E-state index is 11.8. The van der Waals surface area contributed by atoms with E-state index in [1.165, 1.54) is 0 Å². The molecule has 33 heavy (non-hydrogen) atoms. The Morgan fingerprint density at radius 1 is 1.15 bits per heavy atom. The van der Waals surface area contributed by atoms with Gasteiger partial charge in [-0.3, -0.25) is 0 Å². The fourth-order valence-corrected chi connectivity index (χ4v) is 5.23. The number of carbonyl (C=O) groups excluding carboxylic acids is 1. The van der Waals surface area contributed by atoms with Gasteiger partial charge in [-0.1, -0.05) is 13.3 Å². The summed E-state index contributed by atoms with van der Waals surface area (Å²) in [6.45, 7) is 9.06. The van der Waals surface area contributed by atoms with Crippen LogP contribution >= 0.6 is 0 Å². The second kappa shape index (κ2) is 8.91. The molecule has 2 amide bonds. The Hall–Kier alpha value is -2.71. The molecule has 8 nitrogen and oxygen atoms in total. The van der Waals surface area contributed by atoms with Crippen LogP contribution < -0.4 is 15.5 Å². The van der Waals surface area contributed by atoms with E-state index in [1.807, 2.05) is 31.2 Å². The molecule has 3 aliphatic heterocycles. The van der Waals surface area contributed by atoms with Gasteiger partial charge in [-0.25, -0.2) is 14.8 Å². The number of urea groups is 1. The van der Waals surface area contributed by atoms with Gasteiger partial charge in [-0.15, -0.1) is 0 Å². The molecule has 0 radical (unpaired) electrons. The van der Waals surface area contributed by atoms with Gasteiger partial charge in [0, 0.05) is 36.4 Å². The SMILES string of the molecule is CCC[C@@]1(C)OCc2c(N3C[C@H]4CC[C@@H](C3)O4)nc(-c3ccc(NC(=O)NCC)cc3)nc21. The number of nitrogens with zero attached hydrogens (tertiary/aromatic N) is 3. The summed E-state index contributed by atoms with van der Waals surface area (Å²) >= 11 is 0. The van der Waals surface area contributed by atoms with Crippen LogP contribution in [0.1, 0.15) is 57.7 Å². The number of fused-ring (bicyclic) bond motifs is 3. The van der Waals surface area contributed by atoms with Crippen LogP contribution in [-0.4, -0.2) is 47.8 Å². The smallest absolute Gasteiger partial charge is 0.319 e. The molecule has 4 heterocycles. The van der Waals surface area contributed by atoms with Gasteiger partial charge in [0.05, 0.1) is 24.5 Å². The van der Waals surface area contributed by atoms with Crippen molar-refractivity contribution in [3.05, 3.63) is 35.5 Å². The Morgan fingerprint density at radius 2 is 1.88 bits per heavy atom. The first-order valence-electron chi connectivity index (χ1n) is 12.1. The highest BCUT2D eigenvalue weighted by Gasteiger charge is 2.42. The minimum Gasteiger partial charge on any atom is -0.371 e. The molecule has 2 saturated heterocycles. The molecule has 2 fully saturated rings. The number of aromatic nitrogens is 2. The zero-order valence-electron chi connectivity index (χ0n) is 19.7. The predicted molar refractivity (Wildman–Crippen MR) is 127 cm³/mol. The number of amides is 2.